The molecule has 3 saturated carbocycles. The van der Waals surface area contributed by atoms with Crippen LogP contribution < -0.4 is 22.1 Å². The lowest BCUT2D eigenvalue weighted by atomic mass is 9.43. The van der Waals surface area contributed by atoms with E-state index in [1.54, 1.807) is 6.92 Å². The highest BCUT2D eigenvalue weighted by Crippen LogP contribution is 2.66. The Morgan fingerprint density at radius 2 is 1.50 bits per heavy atom. The van der Waals surface area contributed by atoms with E-state index in [0.717, 1.165) is 25.7 Å². The molecule has 2 saturated heterocycles. The Hall–Kier alpha value is -3.17. The molecule has 2 aliphatic heterocycles. The lowest BCUT2D eigenvalue weighted by Gasteiger charge is -2.64. The molecule has 5 aliphatic rings. The zero-order valence-corrected chi connectivity index (χ0v) is 37.2. The van der Waals surface area contributed by atoms with Gasteiger partial charge in [0.05, 0.1) is 23.9 Å². The lowest BCUT2D eigenvalue weighted by molar-refractivity contribution is -0.199. The second-order valence-electron chi connectivity index (χ2n) is 19.4. The van der Waals surface area contributed by atoms with Gasteiger partial charge in [0.15, 0.2) is 11.6 Å². The summed E-state index contributed by atoms with van der Waals surface area (Å²) >= 11 is 0. The molecule has 7 N–H and O–H groups in total. The van der Waals surface area contributed by atoms with E-state index in [2.05, 4.69) is 43.5 Å². The van der Waals surface area contributed by atoms with Gasteiger partial charge in [0.25, 0.3) is 0 Å². The molecule has 0 unspecified atom stereocenters. The van der Waals surface area contributed by atoms with Crippen molar-refractivity contribution in [3.8, 4) is 0 Å². The summed E-state index contributed by atoms with van der Waals surface area (Å²) in [6.07, 6.45) is 5.87. The molecule has 0 aromatic heterocycles. The maximum absolute atomic E-state index is 13.8. The highest BCUT2D eigenvalue weighted by molar-refractivity contribution is 6.47. The zero-order chi connectivity index (χ0) is 43.8. The van der Waals surface area contributed by atoms with Crippen molar-refractivity contribution in [2.75, 3.05) is 26.2 Å². The van der Waals surface area contributed by atoms with Crippen molar-refractivity contribution in [2.24, 2.45) is 40.6 Å². The van der Waals surface area contributed by atoms with Gasteiger partial charge in [-0.1, -0.05) is 64.4 Å². The fourth-order valence-corrected chi connectivity index (χ4v) is 10.5. The maximum Gasteiger partial charge on any atom is 0.461 e. The standard InChI is InChI=1S/C46H74BN5O8/c1-29(43(57)50-36(17-11-13-21-49)37(54)25-30(2)47-59-40-28-35-27-39(45(35,4)5)46(40,6)60-47)24-38(55)42(31(3)53)51-44(58)34(16-10-12-20-48)26-41(56)52-22-18-33(19-23-52)32-14-8-7-9-15-32/h7-9,14-15,29-31,33-36,39-40,42,53H,10-13,16-28,48-49H2,1-6H3,(H,50,57)(H,51,58)/t29-,30-,31-,34-,35+,36+,39+,40-,42+,46+/m1/s1. The number of likely N-dealkylation sites (tertiary alicyclic amines) is 1. The van der Waals surface area contributed by atoms with E-state index >= 15 is 0 Å². The van der Waals surface area contributed by atoms with Crippen molar-refractivity contribution in [1.82, 2.24) is 15.5 Å². The average Bonchev–Trinajstić information content (AvgIpc) is 3.59. The molecule has 2 bridgehead atoms. The summed E-state index contributed by atoms with van der Waals surface area (Å²) in [5.74, 6) is -2.10. The van der Waals surface area contributed by atoms with Crippen LogP contribution in [0.1, 0.15) is 136 Å². The molecule has 3 amide bonds. The Morgan fingerprint density at radius 1 is 0.850 bits per heavy atom. The number of benzene rings is 1. The number of aliphatic hydroxyl groups excluding tert-OH is 1. The molecule has 1 aromatic carbocycles. The topological polar surface area (TPSA) is 203 Å². The van der Waals surface area contributed by atoms with Gasteiger partial charge in [0, 0.05) is 44.2 Å². The van der Waals surface area contributed by atoms with Crippen molar-refractivity contribution >= 4 is 36.4 Å². The average molecular weight is 836 g/mol. The molecular formula is C46H74BN5O8. The summed E-state index contributed by atoms with van der Waals surface area (Å²) in [5.41, 5.74) is 12.6. The lowest BCUT2D eigenvalue weighted by Crippen LogP contribution is -2.65. The number of nitrogens with one attached hydrogen (secondary N) is 2. The summed E-state index contributed by atoms with van der Waals surface area (Å²) in [7, 11) is -0.514. The van der Waals surface area contributed by atoms with Crippen molar-refractivity contribution in [3.05, 3.63) is 35.9 Å². The van der Waals surface area contributed by atoms with Crippen LogP contribution in [0.25, 0.3) is 0 Å². The van der Waals surface area contributed by atoms with E-state index in [-0.39, 0.29) is 53.9 Å². The second-order valence-corrected chi connectivity index (χ2v) is 19.4. The predicted octanol–water partition coefficient (Wildman–Crippen LogP) is 4.68. The minimum Gasteiger partial charge on any atom is -0.405 e. The zero-order valence-electron chi connectivity index (χ0n) is 37.2. The van der Waals surface area contributed by atoms with Crippen molar-refractivity contribution in [1.29, 1.82) is 0 Å². The normalized spacial score (nSPS) is 26.4. The van der Waals surface area contributed by atoms with Crippen LogP contribution in [0.3, 0.4) is 0 Å². The first-order valence-electron chi connectivity index (χ1n) is 22.9. The molecule has 0 radical (unpaired) electrons. The molecule has 334 valence electrons. The number of aliphatic hydroxyl groups is 1. The molecule has 6 rings (SSSR count). The first kappa shape index (κ1) is 47.9. The number of piperidine rings is 1. The third-order valence-electron chi connectivity index (χ3n) is 14.6. The number of Topliss-reactive ketones (excluding diaryl/α,β-unsaturated/α-hetero) is 2. The number of hydrogen-bond acceptors (Lipinski definition) is 10. The van der Waals surface area contributed by atoms with Crippen molar-refractivity contribution in [3.63, 3.8) is 0 Å². The third-order valence-corrected chi connectivity index (χ3v) is 14.6. The summed E-state index contributed by atoms with van der Waals surface area (Å²) in [6.45, 7) is 13.9. The molecule has 10 atom stereocenters. The van der Waals surface area contributed by atoms with Gasteiger partial charge in [0.2, 0.25) is 17.7 Å². The number of ketones is 2. The highest BCUT2D eigenvalue weighted by atomic mass is 16.7. The molecule has 14 heteroatoms. The molecule has 2 heterocycles. The fourth-order valence-electron chi connectivity index (χ4n) is 10.5. The van der Waals surface area contributed by atoms with E-state index < -0.39 is 54.7 Å². The molecule has 0 spiro atoms. The molecule has 5 fully saturated rings. The van der Waals surface area contributed by atoms with E-state index in [9.17, 15) is 29.1 Å². The van der Waals surface area contributed by atoms with Crippen molar-refractivity contribution in [2.45, 2.75) is 167 Å². The van der Waals surface area contributed by atoms with E-state index in [4.69, 9.17) is 20.8 Å². The van der Waals surface area contributed by atoms with Gasteiger partial charge in [0.1, 0.15) is 6.04 Å². The van der Waals surface area contributed by atoms with Gasteiger partial charge < -0.3 is 41.4 Å². The minimum atomic E-state index is -1.28. The summed E-state index contributed by atoms with van der Waals surface area (Å²) in [5, 5.41) is 16.4. The molecular weight excluding hydrogens is 761 g/mol. The SMILES string of the molecule is C[C@H](CC(=O)[C@H](CCCCN)NC(=O)[C@H](C)CC(=O)[C@@H](NC(=O)[C@H](CCCCN)CC(=O)N1CCC(c2ccccc2)CC1)[C@@H](C)O)B1O[C@@H]2C[C@@H]3C[C@@H](C3(C)C)[C@]2(C)O1. The third kappa shape index (κ3) is 11.4. The van der Waals surface area contributed by atoms with Gasteiger partial charge in [-0.05, 0) is 119 Å². The number of nitrogens with two attached hydrogens (primary N) is 2. The Labute approximate surface area is 358 Å². The summed E-state index contributed by atoms with van der Waals surface area (Å²) in [4.78, 5) is 70.3. The molecule has 13 nitrogen and oxygen atoms in total. The largest absolute Gasteiger partial charge is 0.461 e. The van der Waals surface area contributed by atoms with E-state index in [1.807, 2.05) is 30.0 Å². The number of rotatable bonds is 23. The number of carbonyl (C=O) groups is 5. The number of hydrogen-bond donors (Lipinski definition) is 5. The molecule has 3 aliphatic carbocycles. The predicted molar refractivity (Wildman–Crippen MR) is 232 cm³/mol. The first-order chi connectivity index (χ1) is 28.5. The number of unbranched alkanes of at least 4 members (excludes halogenated alkanes) is 2. The van der Waals surface area contributed by atoms with Crippen LogP contribution in [0.2, 0.25) is 5.82 Å². The Kier molecular flexibility index (Phi) is 17.0. The second kappa shape index (κ2) is 21.3. The van der Waals surface area contributed by atoms with Gasteiger partial charge in [-0.3, -0.25) is 24.0 Å². The highest BCUT2D eigenvalue weighted by Gasteiger charge is 2.68. The van der Waals surface area contributed by atoms with Crippen LogP contribution in [0.15, 0.2) is 30.3 Å². The van der Waals surface area contributed by atoms with Crippen LogP contribution in [0, 0.1) is 29.1 Å². The van der Waals surface area contributed by atoms with E-state index in [1.165, 1.54) is 12.5 Å². The van der Waals surface area contributed by atoms with E-state index in [0.29, 0.717) is 82.5 Å². The van der Waals surface area contributed by atoms with Crippen LogP contribution >= 0.6 is 0 Å². The smallest absolute Gasteiger partial charge is 0.405 e. The van der Waals surface area contributed by atoms with Crippen LogP contribution in [0.4, 0.5) is 0 Å². The van der Waals surface area contributed by atoms with Gasteiger partial charge in [-0.2, -0.15) is 0 Å². The van der Waals surface area contributed by atoms with Gasteiger partial charge >= 0.3 is 7.12 Å². The summed E-state index contributed by atoms with van der Waals surface area (Å²) < 4.78 is 13.1. The number of carbonyl (C=O) groups excluding carboxylic acids is 5. The molecule has 60 heavy (non-hydrogen) atoms. The van der Waals surface area contributed by atoms with Crippen LogP contribution in [-0.4, -0.2) is 102 Å². The molecule has 1 aromatic rings. The number of nitrogens with zero attached hydrogens (tertiary/aromatic N) is 1. The Balaban J connectivity index is 1.15. The quantitative estimate of drug-likeness (QED) is 0.0761. The maximum atomic E-state index is 13.8. The van der Waals surface area contributed by atoms with Gasteiger partial charge in [-0.25, -0.2) is 0 Å². The number of amides is 3. The minimum absolute atomic E-state index is 0.00318. The summed E-state index contributed by atoms with van der Waals surface area (Å²) in [6, 6.07) is 8.22. The van der Waals surface area contributed by atoms with Gasteiger partial charge in [-0.15, -0.1) is 0 Å². The Morgan fingerprint density at radius 3 is 2.12 bits per heavy atom. The monoisotopic (exact) mass is 836 g/mol. The van der Waals surface area contributed by atoms with Crippen LogP contribution in [0.5, 0.6) is 0 Å². The van der Waals surface area contributed by atoms with Crippen LogP contribution in [-0.2, 0) is 33.3 Å². The van der Waals surface area contributed by atoms with Crippen molar-refractivity contribution < 1.29 is 38.4 Å². The fraction of sp³-hybridized carbons (Fsp3) is 0.761. The Bertz CT molecular complexity index is 1620. The first-order valence-corrected chi connectivity index (χ1v) is 22.9.